The van der Waals surface area contributed by atoms with E-state index in [4.69, 9.17) is 0 Å². The molecule has 5 heteroatoms. The smallest absolute Gasteiger partial charge is 0.265 e. The van der Waals surface area contributed by atoms with Crippen LogP contribution in [-0.4, -0.2) is 42.9 Å². The van der Waals surface area contributed by atoms with Gasteiger partial charge in [0.25, 0.3) is 5.92 Å². The number of hydrogen-bond acceptors (Lipinski definition) is 2. The molecule has 2 aliphatic rings. The highest BCUT2D eigenvalue weighted by molar-refractivity contribution is 5.79. The van der Waals surface area contributed by atoms with Gasteiger partial charge in [0.15, 0.2) is 0 Å². The summed E-state index contributed by atoms with van der Waals surface area (Å²) in [6.07, 6.45) is 1.11. The molecule has 0 saturated carbocycles. The number of nitrogens with zero attached hydrogens (tertiary/aromatic N) is 1. The van der Waals surface area contributed by atoms with Crippen LogP contribution in [0.25, 0.3) is 0 Å². The lowest BCUT2D eigenvalue weighted by Gasteiger charge is -2.33. The number of likely N-dealkylation sites (tertiary alicyclic amines) is 1. The molecule has 1 amide bonds. The molecule has 1 atom stereocenters. The zero-order valence-corrected chi connectivity index (χ0v) is 8.64. The highest BCUT2D eigenvalue weighted by atomic mass is 19.3. The average Bonchev–Trinajstić information content (AvgIpc) is 2.67. The second kappa shape index (κ2) is 4.04. The Bertz CT molecular complexity index is 252. The van der Waals surface area contributed by atoms with E-state index in [1.165, 1.54) is 4.90 Å². The standard InChI is InChI=1S/C10H16F2N2O/c11-10(12)3-1-5-14(7-10)9(15)8-2-4-13-6-8/h8,13H,1-7H2/t8-/m1/s1. The van der Waals surface area contributed by atoms with E-state index >= 15 is 0 Å². The molecule has 15 heavy (non-hydrogen) atoms. The van der Waals surface area contributed by atoms with Crippen LogP contribution in [0.2, 0.25) is 0 Å². The Balaban J connectivity index is 1.94. The number of alkyl halides is 2. The number of piperidine rings is 1. The van der Waals surface area contributed by atoms with Gasteiger partial charge in [0, 0.05) is 19.5 Å². The number of carbonyl (C=O) groups is 1. The van der Waals surface area contributed by atoms with Crippen molar-refractivity contribution in [3.8, 4) is 0 Å². The van der Waals surface area contributed by atoms with E-state index in [1.807, 2.05) is 0 Å². The van der Waals surface area contributed by atoms with Crippen LogP contribution in [0.3, 0.4) is 0 Å². The zero-order chi connectivity index (χ0) is 10.9. The summed E-state index contributed by atoms with van der Waals surface area (Å²) in [7, 11) is 0. The molecule has 0 aromatic heterocycles. The van der Waals surface area contributed by atoms with E-state index in [0.717, 1.165) is 13.0 Å². The summed E-state index contributed by atoms with van der Waals surface area (Å²) in [6.45, 7) is 1.56. The topological polar surface area (TPSA) is 32.3 Å². The van der Waals surface area contributed by atoms with Crippen molar-refractivity contribution in [2.24, 2.45) is 5.92 Å². The molecule has 3 nitrogen and oxygen atoms in total. The molecular formula is C10H16F2N2O. The molecule has 2 rings (SSSR count). The van der Waals surface area contributed by atoms with E-state index in [2.05, 4.69) is 5.32 Å². The van der Waals surface area contributed by atoms with Gasteiger partial charge in [-0.1, -0.05) is 0 Å². The van der Waals surface area contributed by atoms with Crippen LogP contribution >= 0.6 is 0 Å². The Morgan fingerprint density at radius 3 is 2.87 bits per heavy atom. The quantitative estimate of drug-likeness (QED) is 0.707. The molecule has 0 radical (unpaired) electrons. The van der Waals surface area contributed by atoms with Crippen LogP contribution in [0.5, 0.6) is 0 Å². The van der Waals surface area contributed by atoms with Gasteiger partial charge in [0.1, 0.15) is 0 Å². The van der Waals surface area contributed by atoms with E-state index in [0.29, 0.717) is 19.5 Å². The molecule has 2 saturated heterocycles. The van der Waals surface area contributed by atoms with Gasteiger partial charge < -0.3 is 10.2 Å². The van der Waals surface area contributed by atoms with Gasteiger partial charge in [-0.3, -0.25) is 4.79 Å². The molecule has 0 aromatic carbocycles. The largest absolute Gasteiger partial charge is 0.336 e. The molecule has 0 unspecified atom stereocenters. The lowest BCUT2D eigenvalue weighted by molar-refractivity contribution is -0.145. The van der Waals surface area contributed by atoms with Gasteiger partial charge in [-0.25, -0.2) is 8.78 Å². The van der Waals surface area contributed by atoms with Gasteiger partial charge >= 0.3 is 0 Å². The summed E-state index contributed by atoms with van der Waals surface area (Å²) in [6, 6.07) is 0. The Morgan fingerprint density at radius 2 is 2.27 bits per heavy atom. The second-order valence-corrected chi connectivity index (χ2v) is 4.41. The number of hydrogen-bond donors (Lipinski definition) is 1. The fourth-order valence-corrected chi connectivity index (χ4v) is 2.28. The summed E-state index contributed by atoms with van der Waals surface area (Å²) in [5.41, 5.74) is 0. The molecule has 0 bridgehead atoms. The monoisotopic (exact) mass is 218 g/mol. The van der Waals surface area contributed by atoms with Gasteiger partial charge in [0.05, 0.1) is 12.5 Å². The summed E-state index contributed by atoms with van der Waals surface area (Å²) in [5.74, 6) is -2.86. The van der Waals surface area contributed by atoms with Crippen LogP contribution in [0.15, 0.2) is 0 Å². The molecule has 1 N–H and O–H groups in total. The lowest BCUT2D eigenvalue weighted by Crippen LogP contribution is -2.48. The summed E-state index contributed by atoms with van der Waals surface area (Å²) < 4.78 is 26.2. The van der Waals surface area contributed by atoms with E-state index < -0.39 is 5.92 Å². The molecule has 0 aliphatic carbocycles. The molecule has 2 aliphatic heterocycles. The van der Waals surface area contributed by atoms with Crippen LogP contribution in [-0.2, 0) is 4.79 Å². The number of halogens is 2. The maximum absolute atomic E-state index is 13.1. The molecule has 2 fully saturated rings. The Hall–Kier alpha value is -0.710. The first kappa shape index (κ1) is 10.8. The maximum atomic E-state index is 13.1. The minimum absolute atomic E-state index is 0.0836. The number of carbonyl (C=O) groups excluding carboxylic acids is 1. The third-order valence-corrected chi connectivity index (χ3v) is 3.11. The van der Waals surface area contributed by atoms with Gasteiger partial charge in [-0.05, 0) is 19.4 Å². The number of nitrogens with one attached hydrogen (secondary N) is 1. The first-order valence-corrected chi connectivity index (χ1v) is 5.46. The highest BCUT2D eigenvalue weighted by Gasteiger charge is 2.39. The Morgan fingerprint density at radius 1 is 1.47 bits per heavy atom. The van der Waals surface area contributed by atoms with Gasteiger partial charge in [0.2, 0.25) is 5.91 Å². The van der Waals surface area contributed by atoms with Crippen molar-refractivity contribution in [3.63, 3.8) is 0 Å². The summed E-state index contributed by atoms with van der Waals surface area (Å²) in [4.78, 5) is 13.2. The fraction of sp³-hybridized carbons (Fsp3) is 0.900. The summed E-state index contributed by atoms with van der Waals surface area (Å²) >= 11 is 0. The SMILES string of the molecule is O=C([C@@H]1CCNC1)N1CCCC(F)(F)C1. The summed E-state index contributed by atoms with van der Waals surface area (Å²) in [5, 5.41) is 3.08. The van der Waals surface area contributed by atoms with Crippen molar-refractivity contribution in [1.82, 2.24) is 10.2 Å². The molecular weight excluding hydrogens is 202 g/mol. The first-order valence-electron chi connectivity index (χ1n) is 5.46. The molecule has 0 aromatic rings. The third kappa shape index (κ3) is 2.45. The molecule has 86 valence electrons. The minimum atomic E-state index is -2.68. The Kier molecular flexibility index (Phi) is 2.91. The Labute approximate surface area is 87.8 Å². The number of amides is 1. The van der Waals surface area contributed by atoms with E-state index in [-0.39, 0.29) is 24.8 Å². The van der Waals surface area contributed by atoms with Gasteiger partial charge in [-0.2, -0.15) is 0 Å². The van der Waals surface area contributed by atoms with Crippen molar-refractivity contribution < 1.29 is 13.6 Å². The van der Waals surface area contributed by atoms with Crippen LogP contribution < -0.4 is 5.32 Å². The first-order chi connectivity index (χ1) is 7.08. The average molecular weight is 218 g/mol. The fourth-order valence-electron chi connectivity index (χ4n) is 2.28. The highest BCUT2D eigenvalue weighted by Crippen LogP contribution is 2.27. The minimum Gasteiger partial charge on any atom is -0.336 e. The van der Waals surface area contributed by atoms with Crippen molar-refractivity contribution in [2.45, 2.75) is 25.2 Å². The third-order valence-electron chi connectivity index (χ3n) is 3.11. The number of rotatable bonds is 1. The van der Waals surface area contributed by atoms with Crippen LogP contribution in [0, 0.1) is 5.92 Å². The van der Waals surface area contributed by atoms with Crippen LogP contribution in [0.4, 0.5) is 8.78 Å². The lowest BCUT2D eigenvalue weighted by atomic mass is 10.0. The van der Waals surface area contributed by atoms with Crippen molar-refractivity contribution in [3.05, 3.63) is 0 Å². The normalized spacial score (nSPS) is 30.5. The molecule has 0 spiro atoms. The van der Waals surface area contributed by atoms with E-state index in [1.54, 1.807) is 0 Å². The van der Waals surface area contributed by atoms with Crippen molar-refractivity contribution in [2.75, 3.05) is 26.2 Å². The zero-order valence-electron chi connectivity index (χ0n) is 8.64. The second-order valence-electron chi connectivity index (χ2n) is 4.41. The van der Waals surface area contributed by atoms with Crippen LogP contribution in [0.1, 0.15) is 19.3 Å². The van der Waals surface area contributed by atoms with Crippen molar-refractivity contribution in [1.29, 1.82) is 0 Å². The predicted octanol–water partition coefficient (Wildman–Crippen LogP) is 0.854. The maximum Gasteiger partial charge on any atom is 0.265 e. The van der Waals surface area contributed by atoms with Crippen molar-refractivity contribution >= 4 is 5.91 Å². The van der Waals surface area contributed by atoms with Gasteiger partial charge in [-0.15, -0.1) is 0 Å². The predicted molar refractivity (Wildman–Crippen MR) is 51.7 cm³/mol. The van der Waals surface area contributed by atoms with E-state index in [9.17, 15) is 13.6 Å². The molecule has 2 heterocycles.